The van der Waals surface area contributed by atoms with Crippen LogP contribution in [0.25, 0.3) is 11.0 Å². The van der Waals surface area contributed by atoms with E-state index in [0.717, 1.165) is 35.8 Å². The van der Waals surface area contributed by atoms with E-state index in [1.165, 1.54) is 76.6 Å². The largest absolute Gasteiger partial charge is 0.475 e. The zero-order valence-corrected chi connectivity index (χ0v) is 16.8. The van der Waals surface area contributed by atoms with Crippen LogP contribution in [0.2, 0.25) is 0 Å². The molecule has 2 aromatic rings. The maximum absolute atomic E-state index is 5.90. The van der Waals surface area contributed by atoms with E-state index in [1.807, 2.05) is 12.1 Å². The SMILES string of the molecule is Cc1ccc2c(OCCCC3CCN(CC4CCCCC4)CC3)noc2c1. The third kappa shape index (κ3) is 5.04. The molecule has 1 saturated heterocycles. The molecule has 1 aromatic carbocycles. The predicted octanol–water partition coefficient (Wildman–Crippen LogP) is 5.59. The lowest BCUT2D eigenvalue weighted by molar-refractivity contribution is 0.138. The topological polar surface area (TPSA) is 38.5 Å². The molecule has 27 heavy (non-hydrogen) atoms. The van der Waals surface area contributed by atoms with Gasteiger partial charge < -0.3 is 14.2 Å². The van der Waals surface area contributed by atoms with Gasteiger partial charge >= 0.3 is 0 Å². The second-order valence-electron chi connectivity index (χ2n) is 8.73. The molecule has 2 aliphatic rings. The van der Waals surface area contributed by atoms with Crippen molar-refractivity contribution >= 4 is 11.0 Å². The second kappa shape index (κ2) is 9.09. The molecule has 4 rings (SSSR count). The lowest BCUT2D eigenvalue weighted by Crippen LogP contribution is -2.37. The van der Waals surface area contributed by atoms with E-state index < -0.39 is 0 Å². The van der Waals surface area contributed by atoms with Gasteiger partial charge in [0.1, 0.15) is 0 Å². The zero-order valence-electron chi connectivity index (χ0n) is 16.8. The van der Waals surface area contributed by atoms with Crippen molar-refractivity contribution in [2.45, 2.75) is 64.7 Å². The van der Waals surface area contributed by atoms with Gasteiger partial charge in [0.2, 0.25) is 0 Å². The van der Waals surface area contributed by atoms with Crippen LogP contribution >= 0.6 is 0 Å². The Bertz CT molecular complexity index is 712. The fraction of sp³-hybridized carbons (Fsp3) is 0.696. The number of likely N-dealkylation sites (tertiary alicyclic amines) is 1. The molecule has 0 amide bonds. The summed E-state index contributed by atoms with van der Waals surface area (Å²) < 4.78 is 11.3. The lowest BCUT2D eigenvalue weighted by Gasteiger charge is -2.35. The van der Waals surface area contributed by atoms with Crippen LogP contribution in [0.1, 0.15) is 63.4 Å². The van der Waals surface area contributed by atoms with Gasteiger partial charge in [0.05, 0.1) is 12.0 Å². The summed E-state index contributed by atoms with van der Waals surface area (Å²) in [6.45, 7) is 6.75. The molecule has 0 N–H and O–H groups in total. The van der Waals surface area contributed by atoms with Crippen molar-refractivity contribution in [1.82, 2.24) is 10.1 Å². The van der Waals surface area contributed by atoms with Crippen molar-refractivity contribution in [3.8, 4) is 5.88 Å². The molecule has 148 valence electrons. The molecule has 1 saturated carbocycles. The Morgan fingerprint density at radius 1 is 1.07 bits per heavy atom. The Morgan fingerprint density at radius 2 is 1.89 bits per heavy atom. The summed E-state index contributed by atoms with van der Waals surface area (Å²) in [6.07, 6.45) is 12.4. The lowest BCUT2D eigenvalue weighted by atomic mass is 9.87. The Hall–Kier alpha value is -1.55. The summed E-state index contributed by atoms with van der Waals surface area (Å²) in [5, 5.41) is 5.07. The number of aromatic nitrogens is 1. The van der Waals surface area contributed by atoms with Crippen molar-refractivity contribution in [2.75, 3.05) is 26.2 Å². The number of nitrogens with zero attached hydrogens (tertiary/aromatic N) is 2. The first-order valence-electron chi connectivity index (χ1n) is 11.0. The van der Waals surface area contributed by atoms with E-state index in [1.54, 1.807) is 0 Å². The van der Waals surface area contributed by atoms with Gasteiger partial charge in [-0.3, -0.25) is 0 Å². The van der Waals surface area contributed by atoms with Crippen LogP contribution in [0.4, 0.5) is 0 Å². The standard InChI is InChI=1S/C23H34N2O2/c1-18-9-10-21-22(16-18)27-24-23(21)26-15-5-8-19-11-13-25(14-12-19)17-20-6-3-2-4-7-20/h9-10,16,19-20H,2-8,11-15,17H2,1H3. The molecule has 0 radical (unpaired) electrons. The fourth-order valence-electron chi connectivity index (χ4n) is 4.86. The monoisotopic (exact) mass is 370 g/mol. The van der Waals surface area contributed by atoms with E-state index >= 15 is 0 Å². The fourth-order valence-corrected chi connectivity index (χ4v) is 4.86. The number of hydrogen-bond donors (Lipinski definition) is 0. The molecule has 2 heterocycles. The van der Waals surface area contributed by atoms with E-state index in [2.05, 4.69) is 23.0 Å². The summed E-state index contributed by atoms with van der Waals surface area (Å²) in [7, 11) is 0. The van der Waals surface area contributed by atoms with Gasteiger partial charge in [0.15, 0.2) is 5.58 Å². The number of hydrogen-bond acceptors (Lipinski definition) is 4. The highest BCUT2D eigenvalue weighted by Crippen LogP contribution is 2.28. The number of rotatable bonds is 7. The van der Waals surface area contributed by atoms with Crippen LogP contribution in [-0.2, 0) is 0 Å². The molecule has 4 nitrogen and oxygen atoms in total. The quantitative estimate of drug-likeness (QED) is 0.596. The first kappa shape index (κ1) is 18.8. The van der Waals surface area contributed by atoms with E-state index in [4.69, 9.17) is 9.26 Å². The van der Waals surface area contributed by atoms with Crippen LogP contribution in [0, 0.1) is 18.8 Å². The van der Waals surface area contributed by atoms with Gasteiger partial charge in [-0.25, -0.2) is 0 Å². The minimum absolute atomic E-state index is 0.646. The van der Waals surface area contributed by atoms with Crippen molar-refractivity contribution in [3.63, 3.8) is 0 Å². The molecule has 0 spiro atoms. The normalized spacial score (nSPS) is 20.3. The number of aryl methyl sites for hydroxylation is 1. The molecule has 2 fully saturated rings. The number of fused-ring (bicyclic) bond motifs is 1. The molecule has 1 aromatic heterocycles. The molecule has 1 aliphatic heterocycles. The summed E-state index contributed by atoms with van der Waals surface area (Å²) in [5.41, 5.74) is 2.00. The molecular weight excluding hydrogens is 336 g/mol. The average Bonchev–Trinajstić information content (AvgIpc) is 3.09. The van der Waals surface area contributed by atoms with Crippen LogP contribution in [0.15, 0.2) is 22.7 Å². The maximum atomic E-state index is 5.90. The van der Waals surface area contributed by atoms with E-state index in [-0.39, 0.29) is 0 Å². The first-order chi connectivity index (χ1) is 13.3. The van der Waals surface area contributed by atoms with Crippen molar-refractivity contribution in [3.05, 3.63) is 23.8 Å². The van der Waals surface area contributed by atoms with E-state index in [0.29, 0.717) is 5.88 Å². The smallest absolute Gasteiger partial charge is 0.262 e. The number of ether oxygens (including phenoxy) is 1. The molecule has 0 unspecified atom stereocenters. The van der Waals surface area contributed by atoms with Crippen LogP contribution in [0.5, 0.6) is 5.88 Å². The van der Waals surface area contributed by atoms with Crippen LogP contribution in [-0.4, -0.2) is 36.3 Å². The summed E-state index contributed by atoms with van der Waals surface area (Å²) in [6, 6.07) is 6.13. The zero-order chi connectivity index (χ0) is 18.5. The first-order valence-corrected chi connectivity index (χ1v) is 11.0. The van der Waals surface area contributed by atoms with Gasteiger partial charge in [-0.1, -0.05) is 25.3 Å². The third-order valence-corrected chi connectivity index (χ3v) is 6.54. The van der Waals surface area contributed by atoms with Crippen LogP contribution in [0.3, 0.4) is 0 Å². The molecular formula is C23H34N2O2. The number of piperidine rings is 1. The van der Waals surface area contributed by atoms with Crippen molar-refractivity contribution in [2.24, 2.45) is 11.8 Å². The highest BCUT2D eigenvalue weighted by molar-refractivity contribution is 5.82. The van der Waals surface area contributed by atoms with E-state index in [9.17, 15) is 0 Å². The molecule has 4 heteroatoms. The van der Waals surface area contributed by atoms with Gasteiger partial charge in [-0.05, 0) is 93.2 Å². The highest BCUT2D eigenvalue weighted by Gasteiger charge is 2.22. The minimum atomic E-state index is 0.646. The van der Waals surface area contributed by atoms with Gasteiger partial charge in [0.25, 0.3) is 5.88 Å². The third-order valence-electron chi connectivity index (χ3n) is 6.54. The molecule has 1 aliphatic carbocycles. The Balaban J connectivity index is 1.14. The maximum Gasteiger partial charge on any atom is 0.262 e. The predicted molar refractivity (Wildman–Crippen MR) is 109 cm³/mol. The van der Waals surface area contributed by atoms with Gasteiger partial charge in [0, 0.05) is 6.54 Å². The highest BCUT2D eigenvalue weighted by atomic mass is 16.5. The van der Waals surface area contributed by atoms with Gasteiger partial charge in [-0.2, -0.15) is 0 Å². The summed E-state index contributed by atoms with van der Waals surface area (Å²) in [5.74, 6) is 2.49. The average molecular weight is 371 g/mol. The molecule has 0 atom stereocenters. The van der Waals surface area contributed by atoms with Crippen LogP contribution < -0.4 is 4.74 Å². The minimum Gasteiger partial charge on any atom is -0.475 e. The summed E-state index contributed by atoms with van der Waals surface area (Å²) >= 11 is 0. The number of benzene rings is 1. The Kier molecular flexibility index (Phi) is 6.33. The molecule has 0 bridgehead atoms. The van der Waals surface area contributed by atoms with Gasteiger partial charge in [-0.15, -0.1) is 0 Å². The Morgan fingerprint density at radius 3 is 2.70 bits per heavy atom. The second-order valence-corrected chi connectivity index (χ2v) is 8.73. The van der Waals surface area contributed by atoms with Crippen molar-refractivity contribution in [1.29, 1.82) is 0 Å². The summed E-state index contributed by atoms with van der Waals surface area (Å²) in [4.78, 5) is 2.73. The van der Waals surface area contributed by atoms with Crippen molar-refractivity contribution < 1.29 is 9.26 Å². The Labute approximate surface area is 163 Å².